The maximum Gasteiger partial charge on any atom is 0.224 e. The summed E-state index contributed by atoms with van der Waals surface area (Å²) in [5.41, 5.74) is 2.80. The predicted octanol–water partition coefficient (Wildman–Crippen LogP) is 5.97. The van der Waals surface area contributed by atoms with Crippen molar-refractivity contribution in [2.45, 2.75) is 39.5 Å². The third kappa shape index (κ3) is 4.82. The van der Waals surface area contributed by atoms with Crippen LogP contribution in [0.4, 0.5) is 14.5 Å². The highest BCUT2D eigenvalue weighted by Crippen LogP contribution is 2.30. The van der Waals surface area contributed by atoms with E-state index in [1.54, 1.807) is 0 Å². The standard InChI is InChI=1S/C22H21ClF2N2O2/c1-3-13-5-8-17(23)15(4-2)22(13)27-20(28)9-10-21-26-12-19(29-21)16-7-6-14(24)11-18(16)25/h5-8,11-12H,3-4,9-10H2,1-2H3,(H,27,28). The molecule has 0 aliphatic rings. The maximum absolute atomic E-state index is 13.9. The smallest absolute Gasteiger partial charge is 0.224 e. The number of rotatable bonds is 7. The van der Waals surface area contributed by atoms with Crippen LogP contribution in [0.3, 0.4) is 0 Å². The molecule has 0 aliphatic heterocycles. The minimum Gasteiger partial charge on any atom is -0.441 e. The summed E-state index contributed by atoms with van der Waals surface area (Å²) < 4.78 is 32.5. The zero-order valence-electron chi connectivity index (χ0n) is 16.2. The third-order valence-corrected chi connectivity index (χ3v) is 5.01. The second-order valence-electron chi connectivity index (χ2n) is 6.56. The minimum atomic E-state index is -0.731. The van der Waals surface area contributed by atoms with E-state index in [1.165, 1.54) is 12.3 Å². The van der Waals surface area contributed by atoms with Crippen molar-refractivity contribution in [3.05, 3.63) is 70.2 Å². The zero-order valence-corrected chi connectivity index (χ0v) is 16.9. The van der Waals surface area contributed by atoms with E-state index in [0.29, 0.717) is 17.3 Å². The Balaban J connectivity index is 1.68. The van der Waals surface area contributed by atoms with Crippen LogP contribution >= 0.6 is 11.6 Å². The lowest BCUT2D eigenvalue weighted by atomic mass is 10.0. The summed E-state index contributed by atoms with van der Waals surface area (Å²) in [6, 6.07) is 6.98. The minimum absolute atomic E-state index is 0.119. The van der Waals surface area contributed by atoms with E-state index in [2.05, 4.69) is 10.3 Å². The Hall–Kier alpha value is -2.73. The highest BCUT2D eigenvalue weighted by atomic mass is 35.5. The molecule has 7 heteroatoms. The molecule has 1 amide bonds. The van der Waals surface area contributed by atoms with Gasteiger partial charge in [-0.3, -0.25) is 4.79 Å². The first-order chi connectivity index (χ1) is 13.9. The first-order valence-electron chi connectivity index (χ1n) is 9.43. The van der Waals surface area contributed by atoms with Gasteiger partial charge in [-0.15, -0.1) is 0 Å². The SMILES string of the molecule is CCc1ccc(Cl)c(CC)c1NC(=O)CCc1ncc(-c2ccc(F)cc2F)o1. The van der Waals surface area contributed by atoms with Crippen molar-refractivity contribution in [1.29, 1.82) is 0 Å². The van der Waals surface area contributed by atoms with Gasteiger partial charge in [0.1, 0.15) is 11.6 Å². The normalized spacial score (nSPS) is 10.9. The molecule has 0 fully saturated rings. The topological polar surface area (TPSA) is 55.1 Å². The number of benzene rings is 2. The molecule has 0 atom stereocenters. The Kier molecular flexibility index (Phi) is 6.64. The lowest BCUT2D eigenvalue weighted by molar-refractivity contribution is -0.116. The molecule has 0 radical (unpaired) electrons. The first kappa shape index (κ1) is 21.0. The Morgan fingerprint density at radius 1 is 1.17 bits per heavy atom. The molecule has 29 heavy (non-hydrogen) atoms. The number of hydrogen-bond donors (Lipinski definition) is 1. The van der Waals surface area contributed by atoms with Gasteiger partial charge < -0.3 is 9.73 Å². The van der Waals surface area contributed by atoms with Crippen molar-refractivity contribution in [2.24, 2.45) is 0 Å². The number of nitrogens with zero attached hydrogens (tertiary/aromatic N) is 1. The molecule has 0 saturated carbocycles. The van der Waals surface area contributed by atoms with Gasteiger partial charge in [-0.25, -0.2) is 13.8 Å². The van der Waals surface area contributed by atoms with Crippen LogP contribution in [0.15, 0.2) is 40.9 Å². The second kappa shape index (κ2) is 9.18. The molecule has 3 aromatic rings. The van der Waals surface area contributed by atoms with Gasteiger partial charge in [-0.1, -0.05) is 31.5 Å². The largest absolute Gasteiger partial charge is 0.441 e. The molecule has 1 aromatic heterocycles. The van der Waals surface area contributed by atoms with E-state index in [9.17, 15) is 13.6 Å². The van der Waals surface area contributed by atoms with Crippen molar-refractivity contribution in [3.63, 3.8) is 0 Å². The summed E-state index contributed by atoms with van der Waals surface area (Å²) in [6.07, 6.45) is 3.23. The molecule has 3 rings (SSSR count). The molecule has 1 N–H and O–H groups in total. The van der Waals surface area contributed by atoms with Gasteiger partial charge in [0.15, 0.2) is 11.7 Å². The lowest BCUT2D eigenvalue weighted by Gasteiger charge is -2.15. The Bertz CT molecular complexity index is 1030. The van der Waals surface area contributed by atoms with Crippen LogP contribution in [-0.4, -0.2) is 10.9 Å². The van der Waals surface area contributed by atoms with Crippen LogP contribution in [0, 0.1) is 11.6 Å². The number of aryl methyl sites for hydroxylation is 2. The van der Waals surface area contributed by atoms with Gasteiger partial charge in [0.05, 0.1) is 11.8 Å². The fourth-order valence-electron chi connectivity index (χ4n) is 3.13. The van der Waals surface area contributed by atoms with Crippen LogP contribution < -0.4 is 5.32 Å². The average molecular weight is 419 g/mol. The number of aromatic nitrogens is 1. The molecule has 4 nitrogen and oxygen atoms in total. The average Bonchev–Trinajstić information content (AvgIpc) is 3.15. The summed E-state index contributed by atoms with van der Waals surface area (Å²) in [6.45, 7) is 4.00. The van der Waals surface area contributed by atoms with Crippen LogP contribution in [0.25, 0.3) is 11.3 Å². The van der Waals surface area contributed by atoms with Crippen molar-refractivity contribution in [1.82, 2.24) is 4.98 Å². The van der Waals surface area contributed by atoms with E-state index in [1.807, 2.05) is 26.0 Å². The molecule has 152 valence electrons. The summed E-state index contributed by atoms with van der Waals surface area (Å²) in [5.74, 6) is -1.10. The zero-order chi connectivity index (χ0) is 21.0. The van der Waals surface area contributed by atoms with E-state index < -0.39 is 11.6 Å². The number of carbonyl (C=O) groups is 1. The van der Waals surface area contributed by atoms with Gasteiger partial charge in [-0.2, -0.15) is 0 Å². The number of amides is 1. The maximum atomic E-state index is 13.9. The quantitative estimate of drug-likeness (QED) is 0.514. The molecule has 0 bridgehead atoms. The van der Waals surface area contributed by atoms with Crippen molar-refractivity contribution in [2.75, 3.05) is 5.32 Å². The molecule has 1 heterocycles. The summed E-state index contributed by atoms with van der Waals surface area (Å²) in [4.78, 5) is 16.6. The van der Waals surface area contributed by atoms with E-state index in [4.69, 9.17) is 16.0 Å². The van der Waals surface area contributed by atoms with Crippen LogP contribution in [0.2, 0.25) is 5.02 Å². The molecule has 0 saturated heterocycles. The number of oxazole rings is 1. The summed E-state index contributed by atoms with van der Waals surface area (Å²) >= 11 is 6.27. The molecule has 0 unspecified atom stereocenters. The first-order valence-corrected chi connectivity index (χ1v) is 9.80. The van der Waals surface area contributed by atoms with Crippen molar-refractivity contribution < 1.29 is 18.0 Å². The van der Waals surface area contributed by atoms with Gasteiger partial charge in [-0.05, 0) is 42.2 Å². The van der Waals surface area contributed by atoms with Crippen molar-refractivity contribution >= 4 is 23.2 Å². The highest BCUT2D eigenvalue weighted by Gasteiger charge is 2.15. The van der Waals surface area contributed by atoms with E-state index in [0.717, 1.165) is 35.4 Å². The Labute approximate surface area is 172 Å². The fourth-order valence-corrected chi connectivity index (χ4v) is 3.42. The number of hydrogen-bond acceptors (Lipinski definition) is 3. The predicted molar refractivity (Wildman–Crippen MR) is 109 cm³/mol. The number of carbonyl (C=O) groups excluding carboxylic acids is 1. The monoisotopic (exact) mass is 418 g/mol. The summed E-state index contributed by atoms with van der Waals surface area (Å²) in [5, 5.41) is 3.58. The van der Waals surface area contributed by atoms with Crippen LogP contribution in [0.5, 0.6) is 0 Å². The molecule has 0 spiro atoms. The van der Waals surface area contributed by atoms with Gasteiger partial charge in [0, 0.05) is 29.6 Å². The number of halogens is 3. The van der Waals surface area contributed by atoms with Crippen LogP contribution in [-0.2, 0) is 24.1 Å². The van der Waals surface area contributed by atoms with E-state index >= 15 is 0 Å². The van der Waals surface area contributed by atoms with E-state index in [-0.39, 0.29) is 30.1 Å². The van der Waals surface area contributed by atoms with Crippen molar-refractivity contribution in [3.8, 4) is 11.3 Å². The van der Waals surface area contributed by atoms with Crippen LogP contribution in [0.1, 0.15) is 37.3 Å². The van der Waals surface area contributed by atoms with Gasteiger partial charge in [0.2, 0.25) is 5.91 Å². The van der Waals surface area contributed by atoms with Gasteiger partial charge >= 0.3 is 0 Å². The second-order valence-corrected chi connectivity index (χ2v) is 6.96. The molecule has 2 aromatic carbocycles. The summed E-state index contributed by atoms with van der Waals surface area (Å²) in [7, 11) is 0. The third-order valence-electron chi connectivity index (χ3n) is 4.66. The fraction of sp³-hybridized carbons (Fsp3) is 0.273. The molecule has 0 aliphatic carbocycles. The van der Waals surface area contributed by atoms with Gasteiger partial charge in [0.25, 0.3) is 0 Å². The Morgan fingerprint density at radius 3 is 2.66 bits per heavy atom. The lowest BCUT2D eigenvalue weighted by Crippen LogP contribution is -2.15. The molecular formula is C22H21ClF2N2O2. The number of anilines is 1. The number of nitrogens with one attached hydrogen (secondary N) is 1. The molecular weight excluding hydrogens is 398 g/mol. The highest BCUT2D eigenvalue weighted by molar-refractivity contribution is 6.32. The Morgan fingerprint density at radius 2 is 1.97 bits per heavy atom.